The number of pyridine rings is 1. The standard InChI is InChI=1S/C21H19N5O3S/c22-30(27,28)18-9-6-15(7-10-18)12-13-23-19-11-8-17(14-24-19)21-25-20(26-29-21)16-4-2-1-3-5-16/h1-11,14H,12-13H2,(H,23,24)(H2,22,27,28). The van der Waals surface area contributed by atoms with Crippen LogP contribution < -0.4 is 10.5 Å². The van der Waals surface area contributed by atoms with Crippen LogP contribution in [0.4, 0.5) is 5.82 Å². The van der Waals surface area contributed by atoms with Crippen LogP contribution in [-0.2, 0) is 16.4 Å². The fourth-order valence-corrected chi connectivity index (χ4v) is 3.37. The molecule has 0 atom stereocenters. The number of aromatic nitrogens is 3. The Morgan fingerprint density at radius 2 is 1.70 bits per heavy atom. The van der Waals surface area contributed by atoms with Crippen molar-refractivity contribution in [3.8, 4) is 22.8 Å². The smallest absolute Gasteiger partial charge is 0.259 e. The maximum atomic E-state index is 11.3. The first-order chi connectivity index (χ1) is 14.5. The highest BCUT2D eigenvalue weighted by Gasteiger charge is 2.11. The topological polar surface area (TPSA) is 124 Å². The summed E-state index contributed by atoms with van der Waals surface area (Å²) in [6.07, 6.45) is 2.38. The van der Waals surface area contributed by atoms with Gasteiger partial charge in [0.1, 0.15) is 5.82 Å². The van der Waals surface area contributed by atoms with Gasteiger partial charge in [0, 0.05) is 18.3 Å². The lowest BCUT2D eigenvalue weighted by molar-refractivity contribution is 0.432. The zero-order valence-corrected chi connectivity index (χ0v) is 16.7. The highest BCUT2D eigenvalue weighted by molar-refractivity contribution is 7.89. The molecule has 0 bridgehead atoms. The Morgan fingerprint density at radius 1 is 0.933 bits per heavy atom. The maximum Gasteiger partial charge on any atom is 0.259 e. The molecule has 2 heterocycles. The third kappa shape index (κ3) is 4.70. The van der Waals surface area contributed by atoms with Crippen molar-refractivity contribution in [2.24, 2.45) is 5.14 Å². The molecule has 0 radical (unpaired) electrons. The molecule has 2 aromatic carbocycles. The van der Waals surface area contributed by atoms with Crippen LogP contribution in [0.1, 0.15) is 5.56 Å². The molecular formula is C21H19N5O3S. The van der Waals surface area contributed by atoms with Gasteiger partial charge in [-0.05, 0) is 36.2 Å². The second-order valence-electron chi connectivity index (χ2n) is 6.59. The maximum absolute atomic E-state index is 11.3. The zero-order valence-electron chi connectivity index (χ0n) is 15.9. The van der Waals surface area contributed by atoms with E-state index < -0.39 is 10.0 Å². The largest absolute Gasteiger partial charge is 0.370 e. The second kappa shape index (κ2) is 8.44. The molecule has 9 heteroatoms. The van der Waals surface area contributed by atoms with Crippen molar-refractivity contribution in [1.29, 1.82) is 0 Å². The van der Waals surface area contributed by atoms with E-state index in [0.29, 0.717) is 30.5 Å². The molecule has 2 aromatic heterocycles. The van der Waals surface area contributed by atoms with Crippen molar-refractivity contribution in [1.82, 2.24) is 15.1 Å². The number of rotatable bonds is 7. The van der Waals surface area contributed by atoms with Crippen LogP contribution in [0.3, 0.4) is 0 Å². The summed E-state index contributed by atoms with van der Waals surface area (Å²) in [7, 11) is -3.67. The summed E-state index contributed by atoms with van der Waals surface area (Å²) < 4.78 is 27.9. The molecule has 0 aliphatic rings. The van der Waals surface area contributed by atoms with Crippen LogP contribution in [0.25, 0.3) is 22.8 Å². The number of hydrogen-bond donors (Lipinski definition) is 2. The Kier molecular flexibility index (Phi) is 5.55. The summed E-state index contributed by atoms with van der Waals surface area (Å²) in [5.74, 6) is 1.65. The first-order valence-corrected chi connectivity index (χ1v) is 10.7. The SMILES string of the molecule is NS(=O)(=O)c1ccc(CCNc2ccc(-c3nc(-c4ccccc4)no3)cn2)cc1. The molecule has 0 aliphatic carbocycles. The van der Waals surface area contributed by atoms with Crippen LogP contribution in [0.15, 0.2) is 82.3 Å². The van der Waals surface area contributed by atoms with E-state index in [1.54, 1.807) is 18.3 Å². The minimum Gasteiger partial charge on any atom is -0.370 e. The summed E-state index contributed by atoms with van der Waals surface area (Å²) in [5.41, 5.74) is 2.61. The van der Waals surface area contributed by atoms with Crippen molar-refractivity contribution >= 4 is 15.8 Å². The Bertz CT molecular complexity index is 1220. The van der Waals surface area contributed by atoms with Crippen molar-refractivity contribution in [3.63, 3.8) is 0 Å². The fourth-order valence-electron chi connectivity index (χ4n) is 2.85. The van der Waals surface area contributed by atoms with E-state index in [4.69, 9.17) is 9.66 Å². The highest BCUT2D eigenvalue weighted by atomic mass is 32.2. The number of benzene rings is 2. The van der Waals surface area contributed by atoms with Gasteiger partial charge in [-0.15, -0.1) is 0 Å². The average Bonchev–Trinajstić information content (AvgIpc) is 3.25. The molecule has 30 heavy (non-hydrogen) atoms. The molecule has 0 saturated heterocycles. The lowest BCUT2D eigenvalue weighted by Crippen LogP contribution is -2.12. The van der Waals surface area contributed by atoms with Gasteiger partial charge in [0.25, 0.3) is 5.89 Å². The number of nitrogens with one attached hydrogen (secondary N) is 1. The van der Waals surface area contributed by atoms with Crippen molar-refractivity contribution in [2.75, 3.05) is 11.9 Å². The number of nitrogens with two attached hydrogens (primary N) is 1. The number of nitrogens with zero attached hydrogens (tertiary/aromatic N) is 3. The molecule has 3 N–H and O–H groups in total. The molecule has 152 valence electrons. The predicted octanol–water partition coefficient (Wildman–Crippen LogP) is 3.10. The van der Waals surface area contributed by atoms with Gasteiger partial charge in [-0.25, -0.2) is 18.5 Å². The Labute approximate surface area is 173 Å². The molecule has 0 spiro atoms. The molecule has 0 aliphatic heterocycles. The van der Waals surface area contributed by atoms with Crippen LogP contribution >= 0.6 is 0 Å². The third-order valence-corrected chi connectivity index (χ3v) is 5.37. The molecule has 0 saturated carbocycles. The summed E-state index contributed by atoms with van der Waals surface area (Å²) in [4.78, 5) is 8.90. The van der Waals surface area contributed by atoms with Gasteiger partial charge in [-0.1, -0.05) is 47.6 Å². The fraction of sp³-hybridized carbons (Fsp3) is 0.0952. The minimum absolute atomic E-state index is 0.105. The van der Waals surface area contributed by atoms with Gasteiger partial charge in [0.2, 0.25) is 15.8 Å². The van der Waals surface area contributed by atoms with E-state index in [9.17, 15) is 8.42 Å². The summed E-state index contributed by atoms with van der Waals surface area (Å²) in [6.45, 7) is 0.639. The van der Waals surface area contributed by atoms with E-state index in [1.165, 1.54) is 12.1 Å². The van der Waals surface area contributed by atoms with E-state index in [0.717, 1.165) is 16.7 Å². The third-order valence-electron chi connectivity index (χ3n) is 4.44. The van der Waals surface area contributed by atoms with E-state index >= 15 is 0 Å². The van der Waals surface area contributed by atoms with Gasteiger partial charge < -0.3 is 9.84 Å². The Morgan fingerprint density at radius 3 is 2.37 bits per heavy atom. The molecule has 4 rings (SSSR count). The minimum atomic E-state index is -3.67. The Hall–Kier alpha value is -3.56. The Balaban J connectivity index is 1.35. The number of anilines is 1. The van der Waals surface area contributed by atoms with E-state index in [-0.39, 0.29) is 4.90 Å². The van der Waals surface area contributed by atoms with Crippen molar-refractivity contribution in [2.45, 2.75) is 11.3 Å². The van der Waals surface area contributed by atoms with Crippen molar-refractivity contribution in [3.05, 3.63) is 78.5 Å². The van der Waals surface area contributed by atoms with Crippen LogP contribution in [0, 0.1) is 0 Å². The molecule has 0 fully saturated rings. The number of sulfonamides is 1. The van der Waals surface area contributed by atoms with Gasteiger partial charge in [0.15, 0.2) is 0 Å². The molecular weight excluding hydrogens is 402 g/mol. The first kappa shape index (κ1) is 19.7. The molecule has 4 aromatic rings. The number of hydrogen-bond acceptors (Lipinski definition) is 7. The van der Waals surface area contributed by atoms with E-state index in [2.05, 4.69) is 20.4 Å². The second-order valence-corrected chi connectivity index (χ2v) is 8.15. The highest BCUT2D eigenvalue weighted by Crippen LogP contribution is 2.22. The molecule has 8 nitrogen and oxygen atoms in total. The lowest BCUT2D eigenvalue weighted by Gasteiger charge is -2.06. The average molecular weight is 421 g/mol. The van der Waals surface area contributed by atoms with Gasteiger partial charge >= 0.3 is 0 Å². The van der Waals surface area contributed by atoms with Crippen molar-refractivity contribution < 1.29 is 12.9 Å². The van der Waals surface area contributed by atoms with Crippen LogP contribution in [0.2, 0.25) is 0 Å². The summed E-state index contributed by atoms with van der Waals surface area (Å²) in [6, 6.07) is 19.8. The van der Waals surface area contributed by atoms with Gasteiger partial charge in [0.05, 0.1) is 10.5 Å². The van der Waals surface area contributed by atoms with Crippen LogP contribution in [0.5, 0.6) is 0 Å². The van der Waals surface area contributed by atoms with E-state index in [1.807, 2.05) is 42.5 Å². The van der Waals surface area contributed by atoms with Crippen LogP contribution in [-0.4, -0.2) is 30.1 Å². The zero-order chi connectivity index (χ0) is 21.0. The number of primary sulfonamides is 1. The normalized spacial score (nSPS) is 11.4. The molecule has 0 amide bonds. The summed E-state index contributed by atoms with van der Waals surface area (Å²) >= 11 is 0. The van der Waals surface area contributed by atoms with Gasteiger partial charge in [-0.2, -0.15) is 4.98 Å². The molecule has 0 unspecified atom stereocenters. The quantitative estimate of drug-likeness (QED) is 0.470. The lowest BCUT2D eigenvalue weighted by atomic mass is 10.1. The summed E-state index contributed by atoms with van der Waals surface area (Å²) in [5, 5.41) is 12.3. The first-order valence-electron chi connectivity index (χ1n) is 9.20. The monoisotopic (exact) mass is 421 g/mol. The predicted molar refractivity (Wildman–Crippen MR) is 113 cm³/mol. The van der Waals surface area contributed by atoms with Gasteiger partial charge in [-0.3, -0.25) is 0 Å².